The van der Waals surface area contributed by atoms with E-state index in [0.717, 1.165) is 38.5 Å². The predicted molar refractivity (Wildman–Crippen MR) is 119 cm³/mol. The minimum Gasteiger partial charge on any atom is -0.338 e. The first-order valence-electron chi connectivity index (χ1n) is 10.5. The molecular formula is C23H25N5OS. The Morgan fingerprint density at radius 1 is 1.17 bits per heavy atom. The third-order valence-corrected chi connectivity index (χ3v) is 7.34. The molecule has 1 aromatic carbocycles. The molecule has 1 fully saturated rings. The molecule has 0 N–H and O–H groups in total. The highest BCUT2D eigenvalue weighted by molar-refractivity contribution is 7.20. The van der Waals surface area contributed by atoms with Gasteiger partial charge in [0, 0.05) is 19.0 Å². The Balaban J connectivity index is 1.53. The van der Waals surface area contributed by atoms with Crippen LogP contribution in [0, 0.1) is 13.8 Å². The van der Waals surface area contributed by atoms with E-state index in [1.807, 2.05) is 25.7 Å². The number of hydrogen-bond acceptors (Lipinski definition) is 5. The summed E-state index contributed by atoms with van der Waals surface area (Å²) < 4.78 is 1.77. The number of amides is 1. The SMILES string of the molecule is CCN(CC)C(=O)c1sc2ncn3nc(C4CC4c4ccc(C)cc4)nc3c2c1C. The van der Waals surface area contributed by atoms with Crippen molar-refractivity contribution in [1.82, 2.24) is 24.5 Å². The zero-order valence-corrected chi connectivity index (χ0v) is 18.5. The molecule has 1 aliphatic rings. The van der Waals surface area contributed by atoms with Crippen molar-refractivity contribution in [2.75, 3.05) is 13.1 Å². The molecule has 3 heterocycles. The van der Waals surface area contributed by atoms with Gasteiger partial charge in [-0.05, 0) is 51.2 Å². The summed E-state index contributed by atoms with van der Waals surface area (Å²) in [6, 6.07) is 8.75. The van der Waals surface area contributed by atoms with Gasteiger partial charge in [0.2, 0.25) is 0 Å². The van der Waals surface area contributed by atoms with E-state index in [-0.39, 0.29) is 5.91 Å². The normalized spacial score (nSPS) is 18.3. The van der Waals surface area contributed by atoms with Gasteiger partial charge in [0.05, 0.1) is 10.3 Å². The summed E-state index contributed by atoms with van der Waals surface area (Å²) in [5.74, 6) is 1.77. The fourth-order valence-corrected chi connectivity index (χ4v) is 5.34. The van der Waals surface area contributed by atoms with Crippen LogP contribution in [0.15, 0.2) is 30.6 Å². The molecule has 5 rings (SSSR count). The Labute approximate surface area is 179 Å². The van der Waals surface area contributed by atoms with Gasteiger partial charge >= 0.3 is 0 Å². The third-order valence-electron chi connectivity index (χ3n) is 6.16. The summed E-state index contributed by atoms with van der Waals surface area (Å²) in [6.45, 7) is 9.51. The van der Waals surface area contributed by atoms with Gasteiger partial charge in [0.1, 0.15) is 11.2 Å². The van der Waals surface area contributed by atoms with Gasteiger partial charge in [-0.1, -0.05) is 29.8 Å². The fourth-order valence-electron chi connectivity index (χ4n) is 4.23. The van der Waals surface area contributed by atoms with E-state index >= 15 is 0 Å². The van der Waals surface area contributed by atoms with Crippen molar-refractivity contribution < 1.29 is 4.79 Å². The van der Waals surface area contributed by atoms with Crippen LogP contribution in [0.5, 0.6) is 0 Å². The van der Waals surface area contributed by atoms with Gasteiger partial charge in [-0.2, -0.15) is 0 Å². The Hall–Kier alpha value is -2.80. The molecule has 6 nitrogen and oxygen atoms in total. The fraction of sp³-hybridized carbons (Fsp3) is 0.391. The highest BCUT2D eigenvalue weighted by Gasteiger charge is 2.42. The highest BCUT2D eigenvalue weighted by Crippen LogP contribution is 2.53. The number of fused-ring (bicyclic) bond motifs is 3. The topological polar surface area (TPSA) is 63.4 Å². The number of hydrogen-bond donors (Lipinski definition) is 0. The number of aryl methyl sites for hydroxylation is 2. The summed E-state index contributed by atoms with van der Waals surface area (Å²) in [6.07, 6.45) is 2.80. The number of rotatable bonds is 5. The lowest BCUT2D eigenvalue weighted by Crippen LogP contribution is -2.30. The maximum absolute atomic E-state index is 12.9. The second-order valence-electron chi connectivity index (χ2n) is 8.06. The van der Waals surface area contributed by atoms with Crippen LogP contribution >= 0.6 is 11.3 Å². The van der Waals surface area contributed by atoms with E-state index in [1.165, 1.54) is 22.5 Å². The molecule has 0 saturated heterocycles. The number of benzene rings is 1. The Morgan fingerprint density at radius 3 is 2.60 bits per heavy atom. The van der Waals surface area contributed by atoms with E-state index < -0.39 is 0 Å². The number of aromatic nitrogens is 4. The highest BCUT2D eigenvalue weighted by atomic mass is 32.1. The van der Waals surface area contributed by atoms with E-state index in [4.69, 9.17) is 10.1 Å². The average Bonchev–Trinajstić information content (AvgIpc) is 3.30. The Bertz CT molecular complexity index is 1250. The van der Waals surface area contributed by atoms with Crippen molar-refractivity contribution in [3.05, 3.63) is 58.0 Å². The van der Waals surface area contributed by atoms with Crippen molar-refractivity contribution in [2.45, 2.75) is 46.0 Å². The lowest BCUT2D eigenvalue weighted by molar-refractivity contribution is 0.0777. The van der Waals surface area contributed by atoms with E-state index in [1.54, 1.807) is 10.8 Å². The first-order valence-corrected chi connectivity index (χ1v) is 11.3. The van der Waals surface area contributed by atoms with E-state index in [2.05, 4.69) is 36.2 Å². The zero-order chi connectivity index (χ0) is 21.0. The van der Waals surface area contributed by atoms with Crippen molar-refractivity contribution in [1.29, 1.82) is 0 Å². The first kappa shape index (κ1) is 19.2. The molecule has 1 saturated carbocycles. The Morgan fingerprint density at radius 2 is 1.90 bits per heavy atom. The van der Waals surface area contributed by atoms with Crippen LogP contribution in [0.3, 0.4) is 0 Å². The summed E-state index contributed by atoms with van der Waals surface area (Å²) in [5.41, 5.74) is 4.39. The maximum atomic E-state index is 12.9. The largest absolute Gasteiger partial charge is 0.338 e. The quantitative estimate of drug-likeness (QED) is 0.470. The van der Waals surface area contributed by atoms with Crippen LogP contribution in [0.1, 0.15) is 64.3 Å². The second-order valence-corrected chi connectivity index (χ2v) is 9.05. The molecule has 30 heavy (non-hydrogen) atoms. The maximum Gasteiger partial charge on any atom is 0.264 e. The van der Waals surface area contributed by atoms with Crippen molar-refractivity contribution in [3.63, 3.8) is 0 Å². The molecule has 1 aliphatic carbocycles. The van der Waals surface area contributed by atoms with Crippen LogP contribution in [0.2, 0.25) is 0 Å². The summed E-state index contributed by atoms with van der Waals surface area (Å²) >= 11 is 1.45. The van der Waals surface area contributed by atoms with Gasteiger partial charge in [0.15, 0.2) is 11.5 Å². The van der Waals surface area contributed by atoms with Crippen molar-refractivity contribution in [2.24, 2.45) is 0 Å². The monoisotopic (exact) mass is 419 g/mol. The lowest BCUT2D eigenvalue weighted by atomic mass is 10.1. The van der Waals surface area contributed by atoms with Gasteiger partial charge < -0.3 is 4.90 Å². The molecular weight excluding hydrogens is 394 g/mol. The van der Waals surface area contributed by atoms with Gasteiger partial charge in [0.25, 0.3) is 5.91 Å². The van der Waals surface area contributed by atoms with Gasteiger partial charge in [-0.15, -0.1) is 16.4 Å². The predicted octanol–water partition coefficient (Wildman–Crippen LogP) is 4.71. The van der Waals surface area contributed by atoms with Gasteiger partial charge in [-0.3, -0.25) is 4.79 Å². The number of carbonyl (C=O) groups is 1. The number of carbonyl (C=O) groups excluding carboxylic acids is 1. The molecule has 2 atom stereocenters. The third kappa shape index (κ3) is 2.99. The molecule has 0 radical (unpaired) electrons. The lowest BCUT2D eigenvalue weighted by Gasteiger charge is -2.17. The summed E-state index contributed by atoms with van der Waals surface area (Å²) in [5, 5.41) is 5.68. The van der Waals surface area contributed by atoms with Crippen LogP contribution in [0.25, 0.3) is 15.9 Å². The van der Waals surface area contributed by atoms with E-state index in [0.29, 0.717) is 24.9 Å². The minimum atomic E-state index is 0.0695. The first-order chi connectivity index (χ1) is 14.5. The van der Waals surface area contributed by atoms with Crippen molar-refractivity contribution >= 4 is 33.1 Å². The summed E-state index contributed by atoms with van der Waals surface area (Å²) in [4.78, 5) is 25.9. The molecule has 1 amide bonds. The molecule has 154 valence electrons. The molecule has 0 spiro atoms. The molecule has 2 unspecified atom stereocenters. The van der Waals surface area contributed by atoms with Gasteiger partial charge in [-0.25, -0.2) is 14.5 Å². The van der Waals surface area contributed by atoms with Crippen LogP contribution < -0.4 is 0 Å². The molecule has 7 heteroatoms. The zero-order valence-electron chi connectivity index (χ0n) is 17.7. The number of nitrogens with zero attached hydrogens (tertiary/aromatic N) is 5. The van der Waals surface area contributed by atoms with Crippen LogP contribution in [0.4, 0.5) is 0 Å². The molecule has 0 bridgehead atoms. The smallest absolute Gasteiger partial charge is 0.264 e. The average molecular weight is 420 g/mol. The second kappa shape index (κ2) is 7.16. The molecule has 4 aromatic rings. The summed E-state index contributed by atoms with van der Waals surface area (Å²) in [7, 11) is 0. The molecule has 3 aromatic heterocycles. The van der Waals surface area contributed by atoms with E-state index in [9.17, 15) is 4.79 Å². The standard InChI is InChI=1S/C23H25N5OS/c1-5-27(6-2)23(29)19-14(4)18-21-25-20(26-28(21)12-24-22(18)30-19)17-11-16(17)15-9-7-13(3)8-10-15/h7-10,12,16-17H,5-6,11H2,1-4H3. The number of thiophene rings is 1. The van der Waals surface area contributed by atoms with Crippen LogP contribution in [-0.2, 0) is 0 Å². The molecule has 0 aliphatic heterocycles. The Kier molecular flexibility index (Phi) is 4.58. The minimum absolute atomic E-state index is 0.0695. The van der Waals surface area contributed by atoms with Crippen LogP contribution in [-0.4, -0.2) is 43.5 Å². The van der Waals surface area contributed by atoms with Crippen molar-refractivity contribution in [3.8, 4) is 0 Å².